The van der Waals surface area contributed by atoms with Gasteiger partial charge in [0.15, 0.2) is 5.13 Å². The summed E-state index contributed by atoms with van der Waals surface area (Å²) in [5.74, 6) is -2.92. The molecule has 3 rings (SSSR count). The van der Waals surface area contributed by atoms with E-state index in [1.807, 2.05) is 6.08 Å². The smallest absolute Gasteiger partial charge is 0.307 e. The zero-order valence-corrected chi connectivity index (χ0v) is 14.5. The van der Waals surface area contributed by atoms with Gasteiger partial charge in [-0.15, -0.1) is 11.3 Å². The highest BCUT2D eigenvalue weighted by Gasteiger charge is 2.33. The van der Waals surface area contributed by atoms with Gasteiger partial charge in [-0.1, -0.05) is 12.2 Å². The maximum Gasteiger partial charge on any atom is 0.307 e. The molecule has 0 saturated carbocycles. The summed E-state index contributed by atoms with van der Waals surface area (Å²) < 4.78 is 0. The van der Waals surface area contributed by atoms with Gasteiger partial charge in [-0.2, -0.15) is 0 Å². The highest BCUT2D eigenvalue weighted by atomic mass is 32.1. The van der Waals surface area contributed by atoms with Crippen LogP contribution in [0.5, 0.6) is 0 Å². The minimum atomic E-state index is -0.969. The van der Waals surface area contributed by atoms with Crippen molar-refractivity contribution in [2.45, 2.75) is 12.8 Å². The lowest BCUT2D eigenvalue weighted by molar-refractivity contribution is -0.146. The average Bonchev–Trinajstić information content (AvgIpc) is 3.15. The number of carboxylic acid groups (broad SMARTS) is 1. The maximum absolute atomic E-state index is 12.4. The van der Waals surface area contributed by atoms with Crippen LogP contribution in [0, 0.1) is 11.8 Å². The monoisotopic (exact) mass is 371 g/mol. The molecule has 0 bridgehead atoms. The molecule has 2 amide bonds. The number of benzene rings is 1. The van der Waals surface area contributed by atoms with Crippen LogP contribution in [0.25, 0.3) is 0 Å². The number of hydrogen-bond donors (Lipinski definition) is 3. The van der Waals surface area contributed by atoms with Gasteiger partial charge in [0.1, 0.15) is 0 Å². The van der Waals surface area contributed by atoms with Crippen LogP contribution in [-0.4, -0.2) is 27.9 Å². The second kappa shape index (κ2) is 7.92. The van der Waals surface area contributed by atoms with Crippen LogP contribution in [0.15, 0.2) is 48.0 Å². The van der Waals surface area contributed by atoms with Crippen LogP contribution in [0.3, 0.4) is 0 Å². The van der Waals surface area contributed by atoms with E-state index in [1.54, 1.807) is 41.9 Å². The Labute approximate surface area is 153 Å². The van der Waals surface area contributed by atoms with Gasteiger partial charge in [0, 0.05) is 22.8 Å². The molecule has 8 heteroatoms. The summed E-state index contributed by atoms with van der Waals surface area (Å²) in [5, 5.41) is 16.9. The number of carbonyl (C=O) groups is 3. The summed E-state index contributed by atoms with van der Waals surface area (Å²) in [7, 11) is 0. The summed E-state index contributed by atoms with van der Waals surface area (Å²) in [6.07, 6.45) is 5.97. The molecule has 7 nitrogen and oxygen atoms in total. The third-order valence-corrected chi connectivity index (χ3v) is 4.84. The van der Waals surface area contributed by atoms with Gasteiger partial charge in [0.2, 0.25) is 5.91 Å². The fourth-order valence-electron chi connectivity index (χ4n) is 2.77. The summed E-state index contributed by atoms with van der Waals surface area (Å²) in [6, 6.07) is 6.41. The van der Waals surface area contributed by atoms with E-state index in [4.69, 9.17) is 0 Å². The third-order valence-electron chi connectivity index (χ3n) is 4.15. The largest absolute Gasteiger partial charge is 0.481 e. The standard InChI is InChI=1S/C18H17N3O4S/c22-15(21-18-19-9-10-26-18)11-5-7-12(8-6-11)20-16(23)13-3-1-2-4-14(13)17(24)25/h1-2,5-10,13-14H,3-4H2,(H,20,23)(H,24,25)(H,19,21,22)/t13-,14+/m0/s1. The Hall–Kier alpha value is -3.00. The number of thiazole rings is 1. The van der Waals surface area contributed by atoms with Crippen molar-refractivity contribution in [1.29, 1.82) is 0 Å². The number of aliphatic carboxylic acids is 1. The highest BCUT2D eigenvalue weighted by molar-refractivity contribution is 7.13. The van der Waals surface area contributed by atoms with Crippen LogP contribution >= 0.6 is 11.3 Å². The van der Waals surface area contributed by atoms with E-state index in [0.717, 1.165) is 0 Å². The zero-order chi connectivity index (χ0) is 18.5. The fourth-order valence-corrected chi connectivity index (χ4v) is 3.30. The molecule has 1 aliphatic rings. The van der Waals surface area contributed by atoms with Gasteiger partial charge in [0.05, 0.1) is 11.8 Å². The van der Waals surface area contributed by atoms with E-state index >= 15 is 0 Å². The van der Waals surface area contributed by atoms with Crippen LogP contribution in [-0.2, 0) is 9.59 Å². The minimum Gasteiger partial charge on any atom is -0.481 e. The lowest BCUT2D eigenvalue weighted by Gasteiger charge is -2.24. The summed E-state index contributed by atoms with van der Waals surface area (Å²) >= 11 is 1.32. The number of allylic oxidation sites excluding steroid dienone is 2. The lowest BCUT2D eigenvalue weighted by atomic mass is 9.82. The number of carbonyl (C=O) groups excluding carboxylic acids is 2. The number of nitrogens with one attached hydrogen (secondary N) is 2. The zero-order valence-electron chi connectivity index (χ0n) is 13.7. The van der Waals surface area contributed by atoms with Crippen molar-refractivity contribution >= 4 is 39.9 Å². The predicted octanol–water partition coefficient (Wildman–Crippen LogP) is 3.00. The first-order valence-electron chi connectivity index (χ1n) is 8.04. The molecule has 3 N–H and O–H groups in total. The first-order valence-corrected chi connectivity index (χ1v) is 8.92. The molecule has 0 fully saturated rings. The van der Waals surface area contributed by atoms with Crippen molar-refractivity contribution in [3.05, 3.63) is 53.6 Å². The Balaban J connectivity index is 1.63. The quantitative estimate of drug-likeness (QED) is 0.700. The molecular formula is C18H17N3O4S. The number of amides is 2. The van der Waals surface area contributed by atoms with Gasteiger partial charge in [-0.3, -0.25) is 19.7 Å². The van der Waals surface area contributed by atoms with E-state index in [2.05, 4.69) is 15.6 Å². The molecule has 26 heavy (non-hydrogen) atoms. The van der Waals surface area contributed by atoms with Gasteiger partial charge in [0.25, 0.3) is 5.91 Å². The summed E-state index contributed by atoms with van der Waals surface area (Å²) in [6.45, 7) is 0. The molecular weight excluding hydrogens is 354 g/mol. The van der Waals surface area contributed by atoms with Crippen LogP contribution in [0.4, 0.5) is 10.8 Å². The summed E-state index contributed by atoms with van der Waals surface area (Å²) in [5.41, 5.74) is 0.946. The van der Waals surface area contributed by atoms with Gasteiger partial charge >= 0.3 is 5.97 Å². The molecule has 1 aromatic heterocycles. The molecule has 1 aliphatic carbocycles. The molecule has 2 atom stereocenters. The number of carboxylic acids is 1. The van der Waals surface area contributed by atoms with Gasteiger partial charge in [-0.25, -0.2) is 4.98 Å². The Morgan fingerprint density at radius 1 is 1.04 bits per heavy atom. The molecule has 0 aliphatic heterocycles. The van der Waals surface area contributed by atoms with E-state index in [1.165, 1.54) is 11.3 Å². The number of rotatable bonds is 5. The van der Waals surface area contributed by atoms with E-state index in [-0.39, 0.29) is 11.8 Å². The van der Waals surface area contributed by atoms with E-state index < -0.39 is 17.8 Å². The average molecular weight is 371 g/mol. The van der Waals surface area contributed by atoms with Crippen molar-refractivity contribution in [2.24, 2.45) is 11.8 Å². The molecule has 1 aromatic carbocycles. The number of aromatic nitrogens is 1. The van der Waals surface area contributed by atoms with Crippen LogP contribution in [0.1, 0.15) is 23.2 Å². The molecule has 1 heterocycles. The Kier molecular flexibility index (Phi) is 5.43. The molecule has 134 valence electrons. The van der Waals surface area contributed by atoms with Crippen LogP contribution in [0.2, 0.25) is 0 Å². The van der Waals surface area contributed by atoms with Crippen molar-refractivity contribution in [3.63, 3.8) is 0 Å². The molecule has 0 unspecified atom stereocenters. The van der Waals surface area contributed by atoms with Crippen molar-refractivity contribution in [2.75, 3.05) is 10.6 Å². The minimum absolute atomic E-state index is 0.291. The number of nitrogens with zero attached hydrogens (tertiary/aromatic N) is 1. The van der Waals surface area contributed by atoms with Crippen molar-refractivity contribution < 1.29 is 19.5 Å². The SMILES string of the molecule is O=C(Nc1nccs1)c1ccc(NC(=O)[C@H]2CC=CC[C@H]2C(=O)O)cc1. The molecule has 0 spiro atoms. The van der Waals surface area contributed by atoms with E-state index in [9.17, 15) is 19.5 Å². The normalized spacial score (nSPS) is 18.9. The maximum atomic E-state index is 12.4. The molecule has 0 saturated heterocycles. The van der Waals surface area contributed by atoms with Gasteiger partial charge in [-0.05, 0) is 37.1 Å². The lowest BCUT2D eigenvalue weighted by Crippen LogP contribution is -2.34. The number of hydrogen-bond acceptors (Lipinski definition) is 5. The summed E-state index contributed by atoms with van der Waals surface area (Å²) in [4.78, 5) is 39.8. The van der Waals surface area contributed by atoms with Crippen LogP contribution < -0.4 is 10.6 Å². The Morgan fingerprint density at radius 3 is 2.35 bits per heavy atom. The first kappa shape index (κ1) is 17.8. The first-order chi connectivity index (χ1) is 12.5. The highest BCUT2D eigenvalue weighted by Crippen LogP contribution is 2.27. The fraction of sp³-hybridized carbons (Fsp3) is 0.222. The Bertz CT molecular complexity index is 831. The van der Waals surface area contributed by atoms with Gasteiger partial charge < -0.3 is 10.4 Å². The van der Waals surface area contributed by atoms with Crippen molar-refractivity contribution in [1.82, 2.24) is 4.98 Å². The van der Waals surface area contributed by atoms with Crippen molar-refractivity contribution in [3.8, 4) is 0 Å². The second-order valence-corrected chi connectivity index (χ2v) is 6.75. The second-order valence-electron chi connectivity index (χ2n) is 5.85. The Morgan fingerprint density at radius 2 is 1.73 bits per heavy atom. The van der Waals surface area contributed by atoms with E-state index in [0.29, 0.717) is 29.2 Å². The molecule has 0 radical (unpaired) electrons. The number of anilines is 2. The predicted molar refractivity (Wildman–Crippen MR) is 98.1 cm³/mol. The third kappa shape index (κ3) is 4.15. The topological polar surface area (TPSA) is 108 Å². The molecule has 2 aromatic rings.